The van der Waals surface area contributed by atoms with Gasteiger partial charge in [0.15, 0.2) is 5.96 Å². The number of ether oxygens (including phenoxy) is 1. The number of halogens is 1. The van der Waals surface area contributed by atoms with Crippen molar-refractivity contribution in [3.63, 3.8) is 0 Å². The van der Waals surface area contributed by atoms with Crippen molar-refractivity contribution in [2.45, 2.75) is 26.5 Å². The van der Waals surface area contributed by atoms with Crippen LogP contribution in [0, 0.1) is 6.92 Å². The minimum atomic E-state index is 0. The molecule has 1 unspecified atom stereocenters. The second-order valence-electron chi connectivity index (χ2n) is 5.37. The van der Waals surface area contributed by atoms with Crippen molar-refractivity contribution >= 4 is 29.9 Å². The van der Waals surface area contributed by atoms with Crippen molar-refractivity contribution in [1.82, 2.24) is 15.6 Å². The summed E-state index contributed by atoms with van der Waals surface area (Å²) >= 11 is 0. The van der Waals surface area contributed by atoms with Gasteiger partial charge in [0.25, 0.3) is 0 Å². The predicted octanol–water partition coefficient (Wildman–Crippen LogP) is 3.14. The van der Waals surface area contributed by atoms with Gasteiger partial charge in [-0.15, -0.1) is 24.0 Å². The average Bonchev–Trinajstić information content (AvgIpc) is 2.58. The molecule has 5 nitrogen and oxygen atoms in total. The predicted molar refractivity (Wildman–Crippen MR) is 109 cm³/mol. The molecule has 0 radical (unpaired) electrons. The Morgan fingerprint density at radius 3 is 2.54 bits per heavy atom. The normalized spacial score (nSPS) is 12.0. The third-order valence-electron chi connectivity index (χ3n) is 3.30. The lowest BCUT2D eigenvalue weighted by molar-refractivity contribution is 0.224. The number of rotatable bonds is 6. The molecule has 0 amide bonds. The van der Waals surface area contributed by atoms with Crippen molar-refractivity contribution < 1.29 is 4.74 Å². The average molecular weight is 440 g/mol. The minimum Gasteiger partial charge on any atom is -0.489 e. The highest BCUT2D eigenvalue weighted by Crippen LogP contribution is 2.12. The molecule has 2 aromatic rings. The first-order valence-electron chi connectivity index (χ1n) is 7.75. The van der Waals surface area contributed by atoms with Gasteiger partial charge in [-0.1, -0.05) is 23.8 Å². The molecule has 130 valence electrons. The molecular weight excluding hydrogens is 415 g/mol. The van der Waals surface area contributed by atoms with Crippen LogP contribution in [-0.4, -0.2) is 30.6 Å². The third-order valence-corrected chi connectivity index (χ3v) is 3.30. The van der Waals surface area contributed by atoms with Gasteiger partial charge in [0.05, 0.1) is 18.8 Å². The Bertz CT molecular complexity index is 617. The molecule has 2 N–H and O–H groups in total. The van der Waals surface area contributed by atoms with E-state index < -0.39 is 0 Å². The van der Waals surface area contributed by atoms with E-state index in [4.69, 9.17) is 4.74 Å². The molecule has 1 aromatic heterocycles. The van der Waals surface area contributed by atoms with Crippen molar-refractivity contribution in [3.8, 4) is 5.75 Å². The summed E-state index contributed by atoms with van der Waals surface area (Å²) < 4.78 is 5.87. The zero-order valence-corrected chi connectivity index (χ0v) is 16.7. The Balaban J connectivity index is 0.00000288. The topological polar surface area (TPSA) is 58.5 Å². The van der Waals surface area contributed by atoms with Gasteiger partial charge >= 0.3 is 0 Å². The summed E-state index contributed by atoms with van der Waals surface area (Å²) in [5.41, 5.74) is 2.20. The van der Waals surface area contributed by atoms with Crippen LogP contribution in [0.15, 0.2) is 53.7 Å². The number of aryl methyl sites for hydroxylation is 1. The number of hydrogen-bond donors (Lipinski definition) is 2. The van der Waals surface area contributed by atoms with E-state index in [1.54, 1.807) is 13.2 Å². The number of aliphatic imine (C=N–C) groups is 1. The minimum absolute atomic E-state index is 0. The maximum absolute atomic E-state index is 5.87. The van der Waals surface area contributed by atoms with Crippen LogP contribution in [0.2, 0.25) is 0 Å². The van der Waals surface area contributed by atoms with E-state index >= 15 is 0 Å². The molecule has 0 aliphatic heterocycles. The summed E-state index contributed by atoms with van der Waals surface area (Å²) in [6.45, 7) is 5.38. The number of hydrogen-bond acceptors (Lipinski definition) is 3. The standard InChI is InChI=1S/C18H24N4O.HI/c1-14-7-9-17(10-8-14)23-15(2)12-21-18(19-3)22-13-16-6-4-5-11-20-16;/h4-11,15H,12-13H2,1-3H3,(H2,19,21,22);1H. The highest BCUT2D eigenvalue weighted by molar-refractivity contribution is 14.0. The van der Waals surface area contributed by atoms with Crippen molar-refractivity contribution in [2.24, 2.45) is 4.99 Å². The molecule has 2 rings (SSSR count). The van der Waals surface area contributed by atoms with E-state index in [2.05, 4.69) is 27.5 Å². The SMILES string of the molecule is CN=C(NCc1ccccn1)NCC(C)Oc1ccc(C)cc1.I. The number of aromatic nitrogens is 1. The van der Waals surface area contributed by atoms with Crippen LogP contribution < -0.4 is 15.4 Å². The van der Waals surface area contributed by atoms with Crippen LogP contribution in [-0.2, 0) is 6.54 Å². The molecule has 0 aliphatic carbocycles. The Morgan fingerprint density at radius 1 is 1.17 bits per heavy atom. The van der Waals surface area contributed by atoms with Crippen molar-refractivity contribution in [1.29, 1.82) is 0 Å². The van der Waals surface area contributed by atoms with Crippen LogP contribution >= 0.6 is 24.0 Å². The van der Waals surface area contributed by atoms with E-state index in [0.717, 1.165) is 17.4 Å². The molecule has 0 bridgehead atoms. The lowest BCUT2D eigenvalue weighted by atomic mass is 10.2. The Kier molecular flexibility index (Phi) is 9.14. The van der Waals surface area contributed by atoms with Crippen LogP contribution in [0.4, 0.5) is 0 Å². The summed E-state index contributed by atoms with van der Waals surface area (Å²) in [7, 11) is 1.75. The van der Waals surface area contributed by atoms with Gasteiger partial charge in [-0.05, 0) is 38.1 Å². The molecule has 1 heterocycles. The van der Waals surface area contributed by atoms with E-state index in [1.807, 2.05) is 49.4 Å². The summed E-state index contributed by atoms with van der Waals surface area (Å²) in [5, 5.41) is 6.49. The second kappa shape index (κ2) is 10.9. The number of benzene rings is 1. The van der Waals surface area contributed by atoms with Gasteiger partial charge in [0.2, 0.25) is 0 Å². The zero-order valence-electron chi connectivity index (χ0n) is 14.3. The Morgan fingerprint density at radius 2 is 1.92 bits per heavy atom. The molecule has 6 heteroatoms. The molecule has 0 saturated carbocycles. The summed E-state index contributed by atoms with van der Waals surface area (Å²) in [6, 6.07) is 13.9. The first-order chi connectivity index (χ1) is 11.2. The zero-order chi connectivity index (χ0) is 16.5. The first kappa shape index (κ1) is 20.2. The number of guanidine groups is 1. The maximum atomic E-state index is 5.87. The Hall–Kier alpha value is -1.83. The quantitative estimate of drug-likeness (QED) is 0.412. The molecule has 0 fully saturated rings. The summed E-state index contributed by atoms with van der Waals surface area (Å²) in [4.78, 5) is 8.48. The molecule has 1 aromatic carbocycles. The van der Waals surface area contributed by atoms with Gasteiger partial charge in [-0.3, -0.25) is 9.98 Å². The molecule has 0 saturated heterocycles. The van der Waals surface area contributed by atoms with Gasteiger partial charge in [-0.25, -0.2) is 0 Å². The fourth-order valence-corrected chi connectivity index (χ4v) is 2.03. The third kappa shape index (κ3) is 7.16. The van der Waals surface area contributed by atoms with Crippen LogP contribution in [0.5, 0.6) is 5.75 Å². The second-order valence-corrected chi connectivity index (χ2v) is 5.37. The highest BCUT2D eigenvalue weighted by Gasteiger charge is 2.06. The summed E-state index contributed by atoms with van der Waals surface area (Å²) in [5.74, 6) is 1.61. The maximum Gasteiger partial charge on any atom is 0.191 e. The van der Waals surface area contributed by atoms with E-state index in [0.29, 0.717) is 13.1 Å². The van der Waals surface area contributed by atoms with Gasteiger partial charge in [-0.2, -0.15) is 0 Å². The molecule has 0 spiro atoms. The monoisotopic (exact) mass is 440 g/mol. The van der Waals surface area contributed by atoms with E-state index in [1.165, 1.54) is 5.56 Å². The van der Waals surface area contributed by atoms with Gasteiger partial charge < -0.3 is 15.4 Å². The van der Waals surface area contributed by atoms with Crippen molar-refractivity contribution in [3.05, 3.63) is 59.9 Å². The fraction of sp³-hybridized carbons (Fsp3) is 0.333. The number of nitrogens with zero attached hydrogens (tertiary/aromatic N) is 2. The largest absolute Gasteiger partial charge is 0.489 e. The first-order valence-corrected chi connectivity index (χ1v) is 7.75. The van der Waals surface area contributed by atoms with Gasteiger partial charge in [0, 0.05) is 13.2 Å². The number of nitrogens with one attached hydrogen (secondary N) is 2. The fourth-order valence-electron chi connectivity index (χ4n) is 2.03. The van der Waals surface area contributed by atoms with E-state index in [-0.39, 0.29) is 30.1 Å². The van der Waals surface area contributed by atoms with E-state index in [9.17, 15) is 0 Å². The Labute approximate surface area is 161 Å². The van der Waals surface area contributed by atoms with Crippen LogP contribution in [0.25, 0.3) is 0 Å². The summed E-state index contributed by atoms with van der Waals surface area (Å²) in [6.07, 6.45) is 1.82. The highest BCUT2D eigenvalue weighted by atomic mass is 127. The molecule has 1 atom stereocenters. The number of pyridine rings is 1. The molecule has 24 heavy (non-hydrogen) atoms. The smallest absolute Gasteiger partial charge is 0.191 e. The van der Waals surface area contributed by atoms with Gasteiger partial charge in [0.1, 0.15) is 11.9 Å². The molecule has 0 aliphatic rings. The van der Waals surface area contributed by atoms with Crippen LogP contribution in [0.3, 0.4) is 0 Å². The van der Waals surface area contributed by atoms with Crippen LogP contribution in [0.1, 0.15) is 18.2 Å². The van der Waals surface area contributed by atoms with Crippen molar-refractivity contribution in [2.75, 3.05) is 13.6 Å². The lowest BCUT2D eigenvalue weighted by Gasteiger charge is -2.17. The lowest BCUT2D eigenvalue weighted by Crippen LogP contribution is -2.41. The molecular formula is C18H25IN4O.